The molecule has 0 bridgehead atoms. The minimum atomic E-state index is -0.364. The Morgan fingerprint density at radius 3 is 2.19 bits per heavy atom. The van der Waals surface area contributed by atoms with Crippen molar-refractivity contribution >= 4 is 17.7 Å². The van der Waals surface area contributed by atoms with E-state index in [0.29, 0.717) is 19.8 Å². The van der Waals surface area contributed by atoms with Crippen LogP contribution in [0.3, 0.4) is 0 Å². The van der Waals surface area contributed by atoms with E-state index < -0.39 is 0 Å². The molecule has 0 saturated carbocycles. The summed E-state index contributed by atoms with van der Waals surface area (Å²) in [6, 6.07) is 26.3. The molecule has 1 N–H and O–H groups in total. The Balaban J connectivity index is 1.52. The number of carbonyl (C=O) groups is 1. The maximum atomic E-state index is 13.5. The first kappa shape index (κ1) is 22.5. The van der Waals surface area contributed by atoms with Crippen LogP contribution in [0, 0.1) is 5.82 Å². The molecule has 0 aliphatic carbocycles. The third kappa shape index (κ3) is 5.97. The number of nitrogens with one attached hydrogen (secondary N) is 1. The van der Waals surface area contributed by atoms with E-state index in [1.807, 2.05) is 60.7 Å². The van der Waals surface area contributed by atoms with Crippen molar-refractivity contribution in [1.82, 2.24) is 10.2 Å². The van der Waals surface area contributed by atoms with Gasteiger partial charge in [-0.05, 0) is 35.4 Å². The van der Waals surface area contributed by atoms with Crippen molar-refractivity contribution in [3.63, 3.8) is 0 Å². The fourth-order valence-corrected chi connectivity index (χ4v) is 4.93. The van der Waals surface area contributed by atoms with Crippen LogP contribution in [0.5, 0.6) is 0 Å². The Morgan fingerprint density at radius 1 is 0.906 bits per heavy atom. The number of benzene rings is 3. The summed E-state index contributed by atoms with van der Waals surface area (Å²) in [7, 11) is 0. The third-order valence-electron chi connectivity index (χ3n) is 5.55. The van der Waals surface area contributed by atoms with E-state index in [-0.39, 0.29) is 23.0 Å². The highest BCUT2D eigenvalue weighted by Crippen LogP contribution is 2.35. The van der Waals surface area contributed by atoms with E-state index in [2.05, 4.69) is 10.2 Å². The molecule has 1 aliphatic rings. The van der Waals surface area contributed by atoms with Crippen LogP contribution in [0.2, 0.25) is 0 Å². The van der Waals surface area contributed by atoms with E-state index >= 15 is 0 Å². The average molecular weight is 451 g/mol. The minimum absolute atomic E-state index is 0.0366. The smallest absolute Gasteiger partial charge is 0.238 e. The molecule has 0 unspecified atom stereocenters. The van der Waals surface area contributed by atoms with Crippen LogP contribution in [0.15, 0.2) is 89.8 Å². The lowest BCUT2D eigenvalue weighted by atomic mass is 10.0. The molecule has 32 heavy (non-hydrogen) atoms. The van der Waals surface area contributed by atoms with Gasteiger partial charge in [-0.3, -0.25) is 9.69 Å². The number of ether oxygens (including phenoxy) is 1. The molecule has 6 heteroatoms. The van der Waals surface area contributed by atoms with Crippen molar-refractivity contribution in [3.8, 4) is 0 Å². The summed E-state index contributed by atoms with van der Waals surface area (Å²) in [4.78, 5) is 16.7. The summed E-state index contributed by atoms with van der Waals surface area (Å²) >= 11 is 1.54. The lowest BCUT2D eigenvalue weighted by Crippen LogP contribution is -2.44. The Labute approximate surface area is 192 Å². The Hall–Kier alpha value is -2.67. The van der Waals surface area contributed by atoms with Crippen molar-refractivity contribution in [2.45, 2.75) is 16.2 Å². The summed E-state index contributed by atoms with van der Waals surface area (Å²) in [6.45, 7) is 3.31. The maximum Gasteiger partial charge on any atom is 0.238 e. The number of carbonyl (C=O) groups excluding carboxylic acids is 1. The van der Waals surface area contributed by atoms with Gasteiger partial charge in [-0.2, -0.15) is 0 Å². The van der Waals surface area contributed by atoms with Gasteiger partial charge in [0.05, 0.1) is 19.3 Å². The highest BCUT2D eigenvalue weighted by Gasteiger charge is 2.26. The van der Waals surface area contributed by atoms with Crippen molar-refractivity contribution in [2.24, 2.45) is 0 Å². The van der Waals surface area contributed by atoms with Gasteiger partial charge < -0.3 is 10.1 Å². The molecule has 3 aromatic rings. The van der Waals surface area contributed by atoms with E-state index in [0.717, 1.165) is 29.1 Å². The molecule has 0 spiro atoms. The van der Waals surface area contributed by atoms with Gasteiger partial charge in [0, 0.05) is 24.5 Å². The zero-order valence-corrected chi connectivity index (χ0v) is 18.6. The molecule has 166 valence electrons. The number of hydrogen-bond acceptors (Lipinski definition) is 4. The van der Waals surface area contributed by atoms with Crippen LogP contribution in [-0.4, -0.2) is 43.7 Å². The van der Waals surface area contributed by atoms with Crippen molar-refractivity contribution in [3.05, 3.63) is 102 Å². The summed E-state index contributed by atoms with van der Waals surface area (Å²) in [6.07, 6.45) is 0. The van der Waals surface area contributed by atoms with Gasteiger partial charge in [0.15, 0.2) is 0 Å². The molecule has 4 rings (SSSR count). The molecule has 1 fully saturated rings. The van der Waals surface area contributed by atoms with E-state index in [4.69, 9.17) is 4.74 Å². The van der Waals surface area contributed by atoms with Gasteiger partial charge in [0.1, 0.15) is 11.1 Å². The fraction of sp³-hybridized carbons (Fsp3) is 0.269. The van der Waals surface area contributed by atoms with E-state index in [1.54, 1.807) is 12.1 Å². The van der Waals surface area contributed by atoms with Crippen LogP contribution < -0.4 is 5.32 Å². The normalized spacial score (nSPS) is 16.3. The molecule has 1 amide bonds. The first-order chi connectivity index (χ1) is 15.7. The standard InChI is InChI=1S/C26H27FN2O2S/c27-22-13-11-20(12-14-22)24(29-15-17-31-18-16-29)19-28-26(30)25(21-7-3-1-4-8-21)32-23-9-5-2-6-10-23/h1-14,24-25H,15-19H2,(H,28,30)/t24-,25-/m1/s1. The van der Waals surface area contributed by atoms with Crippen molar-refractivity contribution in [2.75, 3.05) is 32.8 Å². The fourth-order valence-electron chi connectivity index (χ4n) is 3.86. The number of amides is 1. The second-order valence-corrected chi connectivity index (χ2v) is 8.86. The molecule has 0 aromatic heterocycles. The number of hydrogen-bond donors (Lipinski definition) is 1. The first-order valence-corrected chi connectivity index (χ1v) is 11.7. The second-order valence-electron chi connectivity index (χ2n) is 7.68. The van der Waals surface area contributed by atoms with Crippen LogP contribution >= 0.6 is 11.8 Å². The summed E-state index contributed by atoms with van der Waals surface area (Å²) in [5.41, 5.74) is 1.95. The summed E-state index contributed by atoms with van der Waals surface area (Å²) in [5, 5.41) is 2.81. The average Bonchev–Trinajstić information content (AvgIpc) is 2.85. The van der Waals surface area contributed by atoms with Gasteiger partial charge in [-0.25, -0.2) is 4.39 Å². The summed E-state index contributed by atoms with van der Waals surface area (Å²) in [5.74, 6) is -0.299. The Morgan fingerprint density at radius 2 is 1.53 bits per heavy atom. The molecule has 1 heterocycles. The quantitative estimate of drug-likeness (QED) is 0.498. The van der Waals surface area contributed by atoms with Gasteiger partial charge in [0.25, 0.3) is 0 Å². The number of nitrogens with zero attached hydrogens (tertiary/aromatic N) is 1. The van der Waals surface area contributed by atoms with Crippen LogP contribution in [0.25, 0.3) is 0 Å². The monoisotopic (exact) mass is 450 g/mol. The Bertz CT molecular complexity index is 980. The van der Waals surface area contributed by atoms with E-state index in [1.165, 1.54) is 23.9 Å². The van der Waals surface area contributed by atoms with Gasteiger partial charge in [-0.1, -0.05) is 60.7 Å². The predicted molar refractivity (Wildman–Crippen MR) is 126 cm³/mol. The van der Waals surface area contributed by atoms with Gasteiger partial charge in [-0.15, -0.1) is 11.8 Å². The molecule has 1 aliphatic heterocycles. The molecule has 4 nitrogen and oxygen atoms in total. The van der Waals surface area contributed by atoms with Crippen LogP contribution in [0.4, 0.5) is 4.39 Å². The number of halogens is 1. The van der Waals surface area contributed by atoms with Gasteiger partial charge in [0.2, 0.25) is 5.91 Å². The minimum Gasteiger partial charge on any atom is -0.379 e. The van der Waals surface area contributed by atoms with Crippen LogP contribution in [-0.2, 0) is 9.53 Å². The van der Waals surface area contributed by atoms with Crippen LogP contribution in [0.1, 0.15) is 22.4 Å². The lowest BCUT2D eigenvalue weighted by Gasteiger charge is -2.35. The molecule has 1 saturated heterocycles. The lowest BCUT2D eigenvalue weighted by molar-refractivity contribution is -0.121. The summed E-state index contributed by atoms with van der Waals surface area (Å²) < 4.78 is 19.0. The largest absolute Gasteiger partial charge is 0.379 e. The molecular weight excluding hydrogens is 423 g/mol. The third-order valence-corrected chi connectivity index (χ3v) is 6.81. The highest BCUT2D eigenvalue weighted by atomic mass is 32.2. The second kappa shape index (κ2) is 11.3. The Kier molecular flexibility index (Phi) is 7.93. The zero-order valence-electron chi connectivity index (χ0n) is 17.8. The molecule has 2 atom stereocenters. The van der Waals surface area contributed by atoms with E-state index in [9.17, 15) is 9.18 Å². The first-order valence-electron chi connectivity index (χ1n) is 10.8. The predicted octanol–water partition coefficient (Wildman–Crippen LogP) is 4.85. The van der Waals surface area contributed by atoms with Gasteiger partial charge >= 0.3 is 0 Å². The molecule has 0 radical (unpaired) electrons. The SMILES string of the molecule is O=C(NC[C@H](c1ccc(F)cc1)N1CCOCC1)[C@H](Sc1ccccc1)c1ccccc1. The molecular formula is C26H27FN2O2S. The topological polar surface area (TPSA) is 41.6 Å². The number of morpholine rings is 1. The highest BCUT2D eigenvalue weighted by molar-refractivity contribution is 8.00. The number of thioether (sulfide) groups is 1. The maximum absolute atomic E-state index is 13.5. The number of rotatable bonds is 8. The van der Waals surface area contributed by atoms with Crippen molar-refractivity contribution < 1.29 is 13.9 Å². The van der Waals surface area contributed by atoms with Crippen molar-refractivity contribution in [1.29, 1.82) is 0 Å². The molecule has 3 aromatic carbocycles. The zero-order chi connectivity index (χ0) is 22.2.